The number of benzene rings is 8. The summed E-state index contributed by atoms with van der Waals surface area (Å²) in [4.78, 5) is 40.8. The van der Waals surface area contributed by atoms with E-state index in [1.807, 2.05) is 132 Å². The molecule has 8 aromatic carbocycles. The highest BCUT2D eigenvalue weighted by atomic mass is 16.5. The molecule has 6 spiro atoms. The van der Waals surface area contributed by atoms with Gasteiger partial charge in [-0.05, 0) is 168 Å². The molecule has 0 saturated carbocycles. The summed E-state index contributed by atoms with van der Waals surface area (Å²) in [6.07, 6.45) is 26.7. The topological polar surface area (TPSA) is 228 Å². The molecule has 10 heterocycles. The third kappa shape index (κ3) is 16.7. The molecule has 6 unspecified atom stereocenters. The van der Waals surface area contributed by atoms with E-state index < -0.39 is 0 Å². The van der Waals surface area contributed by atoms with Crippen LogP contribution in [0.4, 0.5) is 0 Å². The van der Waals surface area contributed by atoms with Crippen LogP contribution in [0.15, 0.2) is 262 Å². The van der Waals surface area contributed by atoms with Crippen molar-refractivity contribution < 1.29 is 28.4 Å². The Morgan fingerprint density at radius 3 is 1.08 bits per heavy atom. The zero-order chi connectivity index (χ0) is 84.8. The van der Waals surface area contributed by atoms with E-state index in [1.54, 1.807) is 12.5 Å². The number of aromatic nitrogens is 7. The molecule has 0 fully saturated rings. The summed E-state index contributed by atoms with van der Waals surface area (Å²) >= 11 is 0. The average molecular weight is 1640 g/mol. The number of hydrogen-bond donors (Lipinski definition) is 0. The number of aliphatic imine (C=N–C) groups is 6. The van der Waals surface area contributed by atoms with Crippen LogP contribution in [0, 0.1) is 11.3 Å². The van der Waals surface area contributed by atoms with Crippen molar-refractivity contribution in [1.29, 1.82) is 5.26 Å². The zero-order valence-corrected chi connectivity index (χ0v) is 71.8. The van der Waals surface area contributed by atoms with Gasteiger partial charge >= 0.3 is 0 Å². The predicted octanol–water partition coefficient (Wildman–Crippen LogP) is 18.1. The molecule has 24 rings (SSSR count). The molecular formula is C104H102N14O6. The molecule has 0 amide bonds. The van der Waals surface area contributed by atoms with Gasteiger partial charge in [-0.3, -0.25) is 14.3 Å². The van der Waals surface area contributed by atoms with Crippen molar-refractivity contribution in [3.05, 3.63) is 304 Å². The fourth-order valence-electron chi connectivity index (χ4n) is 20.5. The molecule has 20 nitrogen and oxygen atoms in total. The van der Waals surface area contributed by atoms with E-state index in [1.165, 1.54) is 117 Å². The van der Waals surface area contributed by atoms with Crippen LogP contribution in [0.5, 0.6) is 0 Å². The molecule has 124 heavy (non-hydrogen) atoms. The van der Waals surface area contributed by atoms with Gasteiger partial charge in [0.15, 0.2) is 35.4 Å². The lowest BCUT2D eigenvalue weighted by molar-refractivity contribution is 0.236. The van der Waals surface area contributed by atoms with E-state index >= 15 is 0 Å². The second-order valence-electron chi connectivity index (χ2n) is 35.6. The van der Waals surface area contributed by atoms with Gasteiger partial charge in [0.2, 0.25) is 0 Å². The first-order valence-electron chi connectivity index (χ1n) is 43.3. The summed E-state index contributed by atoms with van der Waals surface area (Å²) in [6, 6.07) is 68.7. The van der Waals surface area contributed by atoms with Crippen molar-refractivity contribution in [3.8, 4) is 73.1 Å². The molecule has 624 valence electrons. The van der Waals surface area contributed by atoms with Crippen LogP contribution in [-0.2, 0) is 120 Å². The van der Waals surface area contributed by atoms with Crippen LogP contribution in [0.2, 0.25) is 0 Å². The molecule has 6 aliphatic carbocycles. The van der Waals surface area contributed by atoms with Gasteiger partial charge < -0.3 is 28.4 Å². The summed E-state index contributed by atoms with van der Waals surface area (Å²) in [5, 5.41) is 17.5. The van der Waals surface area contributed by atoms with Gasteiger partial charge in [0.1, 0.15) is 79.2 Å². The van der Waals surface area contributed by atoms with Gasteiger partial charge in [0.05, 0.1) is 23.0 Å². The first-order chi connectivity index (χ1) is 60.2. The van der Waals surface area contributed by atoms with Crippen molar-refractivity contribution >= 4 is 35.4 Å². The van der Waals surface area contributed by atoms with Crippen LogP contribution >= 0.6 is 0 Å². The van der Waals surface area contributed by atoms with E-state index in [0.29, 0.717) is 25.4 Å². The third-order valence-corrected chi connectivity index (χ3v) is 26.5. The van der Waals surface area contributed by atoms with Gasteiger partial charge in [0.25, 0.3) is 0 Å². The molecule has 6 aliphatic heterocycles. The number of rotatable bonds is 6. The first kappa shape index (κ1) is 80.4. The lowest BCUT2D eigenvalue weighted by Crippen LogP contribution is -2.35. The molecule has 6 atom stereocenters. The minimum Gasteiger partial charge on any atom is -0.479 e. The highest BCUT2D eigenvalue weighted by Gasteiger charge is 2.47. The molecule has 0 N–H and O–H groups in total. The minimum absolute atomic E-state index is 0.0261. The minimum atomic E-state index is -0.0836. The Morgan fingerprint density at radius 1 is 0.298 bits per heavy atom. The molecule has 0 saturated heterocycles. The van der Waals surface area contributed by atoms with Crippen LogP contribution in [0.3, 0.4) is 0 Å². The first-order valence-corrected chi connectivity index (χ1v) is 43.3. The molecule has 0 bridgehead atoms. The van der Waals surface area contributed by atoms with Crippen LogP contribution in [-0.4, -0.2) is 143 Å². The Balaban J connectivity index is 0.0000000976. The van der Waals surface area contributed by atoms with Gasteiger partial charge in [-0.15, -0.1) is 0 Å². The zero-order valence-electron chi connectivity index (χ0n) is 71.8. The van der Waals surface area contributed by atoms with Crippen molar-refractivity contribution in [1.82, 2.24) is 34.5 Å². The Hall–Kier alpha value is -13.3. The highest BCUT2D eigenvalue weighted by Crippen LogP contribution is 2.46. The van der Waals surface area contributed by atoms with Crippen LogP contribution in [0.25, 0.3) is 67.0 Å². The lowest BCUT2D eigenvalue weighted by Gasteiger charge is -2.32. The number of ether oxygens (including phenoxy) is 6. The van der Waals surface area contributed by atoms with E-state index in [0.717, 1.165) is 162 Å². The van der Waals surface area contributed by atoms with Crippen LogP contribution in [0.1, 0.15) is 127 Å². The normalized spacial score (nSPS) is 23.4. The summed E-state index contributed by atoms with van der Waals surface area (Å²) in [5.41, 5.74) is 31.7. The SMILES string of the molecule is CC1=NC2(CCc3cccc(-c4ccc(C#N)cc4)c3C2)CO1.CC1=NC2(CCc3cccc(-c4ccnn4C)c3C2)CO1.CC1=NC2(CO1)Cc1ccc(-c3ccccc3)cc1C2.CC1=NC2(CO1)Cc1ccc(-c3cccnc3)cc1C2.CC1=NC2(CO1)Cc1ccc(-c3ccnn3C)cc1C2.CC1=NC2(CO1)Cc1ccc(-c3cncnc3)cc1C2. The number of fused-ring (bicyclic) bond motifs is 6. The second-order valence-corrected chi connectivity index (χ2v) is 35.6. The molecule has 0 radical (unpaired) electrons. The van der Waals surface area contributed by atoms with E-state index in [2.05, 4.69) is 183 Å². The molecule has 12 aromatic rings. The van der Waals surface area contributed by atoms with Crippen LogP contribution < -0.4 is 0 Å². The number of hydrogen-bond acceptors (Lipinski definition) is 18. The summed E-state index contributed by atoms with van der Waals surface area (Å²) in [6.45, 7) is 16.0. The third-order valence-electron chi connectivity index (χ3n) is 26.5. The summed E-state index contributed by atoms with van der Waals surface area (Å²) < 4.78 is 37.5. The van der Waals surface area contributed by atoms with Gasteiger partial charge in [0, 0.05) is 174 Å². The van der Waals surface area contributed by atoms with Crippen molar-refractivity contribution in [2.45, 2.75) is 165 Å². The quantitative estimate of drug-likeness (QED) is 0.151. The summed E-state index contributed by atoms with van der Waals surface area (Å²) in [5.74, 6) is 4.94. The Bertz CT molecular complexity index is 6030. The van der Waals surface area contributed by atoms with Crippen molar-refractivity contribution in [2.24, 2.45) is 44.0 Å². The van der Waals surface area contributed by atoms with Gasteiger partial charge in [-0.1, -0.05) is 152 Å². The number of nitriles is 1. The monoisotopic (exact) mass is 1640 g/mol. The standard InChI is InChI=1S/C20H18N2O.C18H17NO.C17H19N3O.C17H16N2O.C16H17N3O.C16H15N3O/c1-14-22-20(13-23-14)10-9-16-3-2-4-18(19(16)11-20)17-7-5-15(12-21)6-8-17;1-13-19-18(12-20-13)10-16-8-7-15(9-17(16)11-18)14-5-3-2-4-6-14;1-12-19-17(11-21-12)8-6-13-4-3-5-14(15(13)10-17)16-7-9-18-20(16)2;1-12-19-17(11-20-12)8-14-5-4-13(7-16(14)9-17)15-3-2-6-18-10-15;1-11-18-16(10-20-11)8-13-4-3-12(7-14(13)9-16)15-5-6-17-19(15)2;1-11-19-16(9-20-11)5-13-3-2-12(4-14(13)6-16)15-7-17-10-18-8-15/h2-8H,9-11,13H2,1H3;2-9H,10-12H2,1H3;3-5,7,9H,6,8,10-11H2,1-2H3;2-7,10H,8-9,11H2,1H3;3-7H,8-10H2,1-2H3;2-4,7-8,10H,5-6,9H2,1H3. The maximum Gasteiger partial charge on any atom is 0.180 e. The smallest absolute Gasteiger partial charge is 0.180 e. The number of nitrogens with zero attached hydrogens (tertiary/aromatic N) is 14. The fraction of sp³-hybridized carbons (Fsp3) is 0.327. The summed E-state index contributed by atoms with van der Waals surface area (Å²) in [7, 11) is 3.97. The highest BCUT2D eigenvalue weighted by molar-refractivity contribution is 5.81. The van der Waals surface area contributed by atoms with E-state index in [4.69, 9.17) is 63.6 Å². The molecular weight excluding hydrogens is 1540 g/mol. The predicted molar refractivity (Wildman–Crippen MR) is 487 cm³/mol. The Labute approximate surface area is 724 Å². The number of aryl methyl sites for hydroxylation is 4. The average Bonchev–Trinajstić information content (AvgIpc) is 1.43. The molecule has 20 heteroatoms. The largest absolute Gasteiger partial charge is 0.479 e. The Kier molecular flexibility index (Phi) is 21.5. The molecule has 12 aliphatic rings. The maximum atomic E-state index is 8.98. The molecule has 4 aromatic heterocycles. The fourth-order valence-corrected chi connectivity index (χ4v) is 20.5. The van der Waals surface area contributed by atoms with Crippen molar-refractivity contribution in [2.75, 3.05) is 39.6 Å². The maximum absolute atomic E-state index is 8.98. The van der Waals surface area contributed by atoms with Crippen molar-refractivity contribution in [3.63, 3.8) is 0 Å². The number of pyridine rings is 1. The second kappa shape index (κ2) is 33.2. The van der Waals surface area contributed by atoms with Gasteiger partial charge in [-0.25, -0.2) is 39.9 Å². The Morgan fingerprint density at radius 2 is 0.669 bits per heavy atom. The van der Waals surface area contributed by atoms with E-state index in [9.17, 15) is 0 Å². The van der Waals surface area contributed by atoms with Gasteiger partial charge in [-0.2, -0.15) is 15.5 Å². The van der Waals surface area contributed by atoms with E-state index in [-0.39, 0.29) is 33.2 Å². The lowest BCUT2D eigenvalue weighted by atomic mass is 9.76.